The molecule has 0 spiro atoms. The topological polar surface area (TPSA) is 141 Å². The fourth-order valence-electron chi connectivity index (χ4n) is 4.13. The molecule has 5 N–H and O–H groups in total. The summed E-state index contributed by atoms with van der Waals surface area (Å²) in [4.78, 5) is 38.7. The van der Waals surface area contributed by atoms with Gasteiger partial charge in [-0.3, -0.25) is 9.59 Å². The van der Waals surface area contributed by atoms with Crippen molar-refractivity contribution in [1.29, 1.82) is 0 Å². The first-order chi connectivity index (χ1) is 19.0. The van der Waals surface area contributed by atoms with Gasteiger partial charge in [0.05, 0.1) is 19.8 Å². The highest BCUT2D eigenvalue weighted by molar-refractivity contribution is 6.04. The van der Waals surface area contributed by atoms with E-state index in [0.29, 0.717) is 23.6 Å². The molecule has 3 aromatic rings. The number of fused-ring (bicyclic) bond motifs is 1. The second kappa shape index (κ2) is 13.5. The van der Waals surface area contributed by atoms with E-state index in [0.717, 1.165) is 16.3 Å². The van der Waals surface area contributed by atoms with Gasteiger partial charge in [0.15, 0.2) is 0 Å². The molecule has 3 aromatic carbocycles. The lowest BCUT2D eigenvalue weighted by molar-refractivity contribution is -0.123. The molecule has 0 aliphatic heterocycles. The summed E-state index contributed by atoms with van der Waals surface area (Å²) in [6, 6.07) is 15.3. The average Bonchev–Trinajstić information content (AvgIpc) is 2.91. The molecular formula is C30H38N4O6. The fraction of sp³-hybridized carbons (Fsp3) is 0.367. The van der Waals surface area contributed by atoms with Gasteiger partial charge in [-0.15, -0.1) is 0 Å². The molecule has 0 aliphatic carbocycles. The van der Waals surface area contributed by atoms with Crippen molar-refractivity contribution in [2.24, 2.45) is 0 Å². The Morgan fingerprint density at radius 2 is 1.65 bits per heavy atom. The minimum atomic E-state index is -0.875. The monoisotopic (exact) mass is 550 g/mol. The first-order valence-corrected chi connectivity index (χ1v) is 13.1. The van der Waals surface area contributed by atoms with Crippen LogP contribution in [0, 0.1) is 0 Å². The maximum absolute atomic E-state index is 13.4. The average molecular weight is 551 g/mol. The zero-order valence-corrected chi connectivity index (χ0v) is 23.6. The third kappa shape index (κ3) is 8.52. The van der Waals surface area contributed by atoms with Crippen LogP contribution in [0.4, 0.5) is 10.5 Å². The van der Waals surface area contributed by atoms with Crippen LogP contribution in [0.25, 0.3) is 10.8 Å². The molecule has 0 aromatic heterocycles. The van der Waals surface area contributed by atoms with Crippen molar-refractivity contribution in [2.45, 2.75) is 51.8 Å². The number of nitrogens with two attached hydrogens (primary N) is 1. The van der Waals surface area contributed by atoms with E-state index in [1.165, 1.54) is 7.11 Å². The summed E-state index contributed by atoms with van der Waals surface area (Å²) in [5.74, 6) is 0.166. The number of carbonyl (C=O) groups is 3. The van der Waals surface area contributed by atoms with E-state index >= 15 is 0 Å². The Morgan fingerprint density at radius 3 is 2.33 bits per heavy atom. The number of nitrogens with one attached hydrogen (secondary N) is 3. The molecule has 10 heteroatoms. The molecule has 214 valence electrons. The number of amides is 3. The molecule has 3 rings (SSSR count). The number of rotatable bonds is 11. The van der Waals surface area contributed by atoms with Crippen molar-refractivity contribution < 1.29 is 28.6 Å². The van der Waals surface area contributed by atoms with E-state index < -0.39 is 23.6 Å². The summed E-state index contributed by atoms with van der Waals surface area (Å²) in [5.41, 5.74) is 6.93. The lowest BCUT2D eigenvalue weighted by Gasteiger charge is -2.21. The minimum absolute atomic E-state index is 0.242. The Bertz CT molecular complexity index is 1350. The molecule has 0 heterocycles. The number of benzene rings is 3. The van der Waals surface area contributed by atoms with Gasteiger partial charge in [-0.05, 0) is 74.9 Å². The van der Waals surface area contributed by atoms with Crippen molar-refractivity contribution in [3.63, 3.8) is 0 Å². The predicted octanol–water partition coefficient (Wildman–Crippen LogP) is 4.16. The van der Waals surface area contributed by atoms with Crippen LogP contribution in [0.1, 0.15) is 49.5 Å². The van der Waals surface area contributed by atoms with Gasteiger partial charge in [0.1, 0.15) is 23.1 Å². The second-order valence-electron chi connectivity index (χ2n) is 10.3. The van der Waals surface area contributed by atoms with Crippen LogP contribution in [-0.4, -0.2) is 50.3 Å². The zero-order chi connectivity index (χ0) is 29.3. The summed E-state index contributed by atoms with van der Waals surface area (Å²) < 4.78 is 16.2. The number of anilines is 1. The lowest BCUT2D eigenvalue weighted by atomic mass is 10.0. The first-order valence-electron chi connectivity index (χ1n) is 13.1. The third-order valence-corrected chi connectivity index (χ3v) is 6.00. The van der Waals surface area contributed by atoms with Crippen LogP contribution >= 0.6 is 0 Å². The van der Waals surface area contributed by atoms with E-state index in [2.05, 4.69) is 16.0 Å². The van der Waals surface area contributed by atoms with Crippen LogP contribution < -0.4 is 31.2 Å². The van der Waals surface area contributed by atoms with Gasteiger partial charge in [0.2, 0.25) is 5.91 Å². The molecule has 3 amide bonds. The van der Waals surface area contributed by atoms with Crippen molar-refractivity contribution in [3.8, 4) is 11.5 Å². The molecule has 0 bridgehead atoms. The third-order valence-electron chi connectivity index (χ3n) is 6.00. The quantitative estimate of drug-likeness (QED) is 0.208. The molecular weight excluding hydrogens is 512 g/mol. The van der Waals surface area contributed by atoms with Gasteiger partial charge in [-0.25, -0.2) is 4.79 Å². The van der Waals surface area contributed by atoms with Gasteiger partial charge < -0.3 is 35.9 Å². The molecule has 40 heavy (non-hydrogen) atoms. The summed E-state index contributed by atoms with van der Waals surface area (Å²) >= 11 is 0. The van der Waals surface area contributed by atoms with Crippen molar-refractivity contribution in [3.05, 3.63) is 65.7 Å². The Morgan fingerprint density at radius 1 is 0.925 bits per heavy atom. The highest BCUT2D eigenvalue weighted by Crippen LogP contribution is 2.32. The van der Waals surface area contributed by atoms with E-state index in [4.69, 9.17) is 19.9 Å². The van der Waals surface area contributed by atoms with Crippen LogP contribution in [0.15, 0.2) is 54.6 Å². The van der Waals surface area contributed by atoms with Gasteiger partial charge >= 0.3 is 6.09 Å². The van der Waals surface area contributed by atoms with Gasteiger partial charge in [0.25, 0.3) is 5.91 Å². The minimum Gasteiger partial charge on any atom is -0.496 e. The molecule has 0 saturated carbocycles. The molecule has 0 radical (unpaired) electrons. The lowest BCUT2D eigenvalue weighted by Crippen LogP contribution is -2.47. The maximum Gasteiger partial charge on any atom is 0.407 e. The number of alkyl carbamates (subject to hydrolysis) is 1. The van der Waals surface area contributed by atoms with Gasteiger partial charge in [-0.2, -0.15) is 0 Å². The molecule has 0 aliphatic rings. The number of nitrogen functional groups attached to an aromatic ring is 1. The van der Waals surface area contributed by atoms with Crippen LogP contribution in [0.3, 0.4) is 0 Å². The summed E-state index contributed by atoms with van der Waals surface area (Å²) in [6.45, 7) is 5.84. The fourth-order valence-corrected chi connectivity index (χ4v) is 4.13. The predicted molar refractivity (Wildman–Crippen MR) is 154 cm³/mol. The highest BCUT2D eigenvalue weighted by Gasteiger charge is 2.24. The number of hydrogen-bond donors (Lipinski definition) is 4. The summed E-state index contributed by atoms with van der Waals surface area (Å²) in [5, 5.41) is 9.97. The van der Waals surface area contributed by atoms with Gasteiger partial charge in [-0.1, -0.05) is 24.3 Å². The van der Waals surface area contributed by atoms with Crippen molar-refractivity contribution in [1.82, 2.24) is 16.0 Å². The van der Waals surface area contributed by atoms with E-state index in [-0.39, 0.29) is 31.0 Å². The van der Waals surface area contributed by atoms with E-state index in [1.807, 2.05) is 24.3 Å². The Kier molecular flexibility index (Phi) is 10.2. The molecule has 1 atom stereocenters. The molecule has 0 unspecified atom stereocenters. The summed E-state index contributed by atoms with van der Waals surface area (Å²) in [6.07, 6.45) is 0.145. The number of hydrogen-bond acceptors (Lipinski definition) is 7. The van der Waals surface area contributed by atoms with Crippen LogP contribution in [0.2, 0.25) is 0 Å². The highest BCUT2D eigenvalue weighted by atomic mass is 16.6. The number of methoxy groups -OCH3 is 2. The Balaban J connectivity index is 1.76. The first kappa shape index (κ1) is 30.1. The Labute approximate surface area is 234 Å². The molecule has 0 saturated heterocycles. The molecule has 10 nitrogen and oxygen atoms in total. The maximum atomic E-state index is 13.4. The summed E-state index contributed by atoms with van der Waals surface area (Å²) in [7, 11) is 3.05. The normalized spacial score (nSPS) is 11.8. The van der Waals surface area contributed by atoms with Crippen molar-refractivity contribution >= 4 is 34.4 Å². The smallest absolute Gasteiger partial charge is 0.407 e. The van der Waals surface area contributed by atoms with Crippen LogP contribution in [-0.2, 0) is 16.1 Å². The Hall–Kier alpha value is -4.47. The van der Waals surface area contributed by atoms with E-state index in [9.17, 15) is 14.4 Å². The SMILES string of the molecule is COc1cc2c(OC)cccc2cc1C(=O)N[C@@H](CCCNC(=O)OC(C)(C)C)C(=O)NCc1cccc(N)c1. The number of carbonyl (C=O) groups excluding carboxylic acids is 3. The number of ether oxygens (including phenoxy) is 3. The zero-order valence-electron chi connectivity index (χ0n) is 23.6. The van der Waals surface area contributed by atoms with Crippen LogP contribution in [0.5, 0.6) is 11.5 Å². The second-order valence-corrected chi connectivity index (χ2v) is 10.3. The van der Waals surface area contributed by atoms with E-state index in [1.54, 1.807) is 58.2 Å². The largest absolute Gasteiger partial charge is 0.496 e. The van der Waals surface area contributed by atoms with Gasteiger partial charge in [0, 0.05) is 24.2 Å². The standard InChI is InChI=1S/C30H38N4O6/c1-30(2,3)40-29(37)32-14-8-12-24(28(36)33-18-19-9-6-11-21(31)15-19)34-27(35)23-16-20-10-7-13-25(38-4)22(20)17-26(23)39-5/h6-7,9-11,13,15-17,24H,8,12,14,18,31H2,1-5H3,(H,32,37)(H,33,36)(H,34,35)/t24-/m0/s1. The van der Waals surface area contributed by atoms with Crippen molar-refractivity contribution in [2.75, 3.05) is 26.5 Å². The molecule has 0 fully saturated rings.